The van der Waals surface area contributed by atoms with Gasteiger partial charge in [-0.3, -0.25) is 4.79 Å². The summed E-state index contributed by atoms with van der Waals surface area (Å²) < 4.78 is 15.5. The Morgan fingerprint density at radius 1 is 1.40 bits per heavy atom. The van der Waals surface area contributed by atoms with Crippen molar-refractivity contribution in [3.05, 3.63) is 48.3 Å². The zero-order valence-electron chi connectivity index (χ0n) is 14.0. The average Bonchev–Trinajstić information content (AvgIpc) is 3.18. The lowest BCUT2D eigenvalue weighted by atomic mass is 10.1. The number of benzene rings is 1. The molecule has 25 heavy (non-hydrogen) atoms. The molecule has 6 nitrogen and oxygen atoms in total. The molecule has 1 aliphatic rings. The number of fused-ring (bicyclic) bond motifs is 1. The van der Waals surface area contributed by atoms with Crippen LogP contribution in [0.1, 0.15) is 32.1 Å². The summed E-state index contributed by atoms with van der Waals surface area (Å²) in [6.07, 6.45) is 2.44. The van der Waals surface area contributed by atoms with Gasteiger partial charge < -0.3 is 5.32 Å². The van der Waals surface area contributed by atoms with E-state index in [-0.39, 0.29) is 23.7 Å². The highest BCUT2D eigenvalue weighted by molar-refractivity contribution is 5.81. The van der Waals surface area contributed by atoms with Crippen molar-refractivity contribution in [1.29, 1.82) is 0 Å². The largest absolute Gasteiger partial charge is 0.346 e. The number of rotatable bonds is 4. The zero-order valence-corrected chi connectivity index (χ0v) is 14.0. The Bertz CT molecular complexity index is 954. The van der Waals surface area contributed by atoms with Gasteiger partial charge in [-0.05, 0) is 31.4 Å². The Hall–Kier alpha value is -2.83. The van der Waals surface area contributed by atoms with Crippen molar-refractivity contribution in [2.45, 2.75) is 26.3 Å². The maximum atomic E-state index is 13.9. The van der Waals surface area contributed by atoms with Crippen LogP contribution < -0.4 is 5.32 Å². The molecule has 1 aliphatic carbocycles. The van der Waals surface area contributed by atoms with Gasteiger partial charge in [0.15, 0.2) is 11.5 Å². The monoisotopic (exact) mass is 339 g/mol. The lowest BCUT2D eigenvalue weighted by Crippen LogP contribution is -2.29. The SMILES string of the molecule is C[C@H](NC(=O)[C@@H]1C[C@@H]1C)c1nc2cc(-c3ccccc3F)ncn2n1. The lowest BCUT2D eigenvalue weighted by Gasteiger charge is -2.09. The molecule has 0 spiro atoms. The van der Waals surface area contributed by atoms with Crippen LogP contribution in [0.5, 0.6) is 0 Å². The van der Waals surface area contributed by atoms with Gasteiger partial charge in [0.2, 0.25) is 5.91 Å². The number of hydrogen-bond acceptors (Lipinski definition) is 4. The Balaban J connectivity index is 1.60. The second-order valence-electron chi connectivity index (χ2n) is 6.58. The molecule has 0 saturated heterocycles. The van der Waals surface area contributed by atoms with Crippen LogP contribution in [0.2, 0.25) is 0 Å². The third-order valence-corrected chi connectivity index (χ3v) is 4.59. The van der Waals surface area contributed by atoms with Crippen LogP contribution in [-0.2, 0) is 4.79 Å². The molecule has 1 fully saturated rings. The fourth-order valence-corrected chi connectivity index (χ4v) is 2.88. The second-order valence-corrected chi connectivity index (χ2v) is 6.58. The molecule has 0 unspecified atom stereocenters. The van der Waals surface area contributed by atoms with Gasteiger partial charge in [-0.15, -0.1) is 5.10 Å². The van der Waals surface area contributed by atoms with E-state index >= 15 is 0 Å². The fourth-order valence-electron chi connectivity index (χ4n) is 2.88. The van der Waals surface area contributed by atoms with Crippen LogP contribution in [0.15, 0.2) is 36.7 Å². The predicted molar refractivity (Wildman–Crippen MR) is 90.0 cm³/mol. The molecule has 2 heterocycles. The van der Waals surface area contributed by atoms with Crippen molar-refractivity contribution < 1.29 is 9.18 Å². The first-order valence-corrected chi connectivity index (χ1v) is 8.30. The summed E-state index contributed by atoms with van der Waals surface area (Å²) in [4.78, 5) is 20.8. The number of nitrogens with one attached hydrogen (secondary N) is 1. The molecule has 3 atom stereocenters. The molecule has 4 rings (SSSR count). The first kappa shape index (κ1) is 15.7. The van der Waals surface area contributed by atoms with Gasteiger partial charge in [-0.1, -0.05) is 19.1 Å². The third-order valence-electron chi connectivity index (χ3n) is 4.59. The van der Waals surface area contributed by atoms with E-state index in [0.717, 1.165) is 6.42 Å². The molecule has 1 aromatic carbocycles. The number of halogens is 1. The van der Waals surface area contributed by atoms with E-state index in [1.54, 1.807) is 24.3 Å². The zero-order chi connectivity index (χ0) is 17.6. The topological polar surface area (TPSA) is 72.2 Å². The first-order chi connectivity index (χ1) is 12.0. The fraction of sp³-hybridized carbons (Fsp3) is 0.333. The molecule has 2 aromatic heterocycles. The number of carbonyl (C=O) groups excluding carboxylic acids is 1. The van der Waals surface area contributed by atoms with E-state index in [4.69, 9.17) is 0 Å². The maximum Gasteiger partial charge on any atom is 0.223 e. The predicted octanol–water partition coefficient (Wildman–Crippen LogP) is 2.76. The average molecular weight is 339 g/mol. The Kier molecular flexibility index (Phi) is 3.71. The summed E-state index contributed by atoms with van der Waals surface area (Å²) >= 11 is 0. The highest BCUT2D eigenvalue weighted by Crippen LogP contribution is 2.38. The number of carbonyl (C=O) groups is 1. The summed E-state index contributed by atoms with van der Waals surface area (Å²) in [5, 5.41) is 7.30. The molecule has 0 bridgehead atoms. The minimum absolute atomic E-state index is 0.0454. The molecule has 128 valence electrons. The molecule has 1 saturated carbocycles. The van der Waals surface area contributed by atoms with Crippen LogP contribution in [-0.4, -0.2) is 25.5 Å². The van der Waals surface area contributed by atoms with E-state index in [1.165, 1.54) is 16.9 Å². The van der Waals surface area contributed by atoms with Crippen molar-refractivity contribution in [2.75, 3.05) is 0 Å². The molecular weight excluding hydrogens is 321 g/mol. The summed E-state index contributed by atoms with van der Waals surface area (Å²) in [7, 11) is 0. The van der Waals surface area contributed by atoms with Crippen molar-refractivity contribution in [3.8, 4) is 11.3 Å². The van der Waals surface area contributed by atoms with Gasteiger partial charge in [0.25, 0.3) is 0 Å². The number of aromatic nitrogens is 4. The van der Waals surface area contributed by atoms with Crippen LogP contribution >= 0.6 is 0 Å². The van der Waals surface area contributed by atoms with Gasteiger partial charge in [0, 0.05) is 17.5 Å². The molecule has 1 amide bonds. The van der Waals surface area contributed by atoms with Crippen molar-refractivity contribution in [2.24, 2.45) is 11.8 Å². The molecule has 0 aliphatic heterocycles. The van der Waals surface area contributed by atoms with E-state index < -0.39 is 0 Å². The highest BCUT2D eigenvalue weighted by atomic mass is 19.1. The summed E-state index contributed by atoms with van der Waals surface area (Å²) in [6, 6.07) is 7.86. The van der Waals surface area contributed by atoms with E-state index in [9.17, 15) is 9.18 Å². The normalized spacial score (nSPS) is 20.4. The summed E-state index contributed by atoms with van der Waals surface area (Å²) in [5.74, 6) is 0.777. The van der Waals surface area contributed by atoms with E-state index in [2.05, 4.69) is 27.3 Å². The van der Waals surface area contributed by atoms with Gasteiger partial charge in [0.1, 0.15) is 12.1 Å². The van der Waals surface area contributed by atoms with Crippen LogP contribution in [0.25, 0.3) is 16.9 Å². The van der Waals surface area contributed by atoms with Crippen LogP contribution in [0.4, 0.5) is 4.39 Å². The smallest absolute Gasteiger partial charge is 0.223 e. The quantitative estimate of drug-likeness (QED) is 0.793. The number of hydrogen-bond donors (Lipinski definition) is 1. The molecule has 3 aromatic rings. The number of nitrogens with zero attached hydrogens (tertiary/aromatic N) is 4. The summed E-state index contributed by atoms with van der Waals surface area (Å²) in [6.45, 7) is 3.92. The van der Waals surface area contributed by atoms with E-state index in [0.29, 0.717) is 28.6 Å². The van der Waals surface area contributed by atoms with Gasteiger partial charge >= 0.3 is 0 Å². The van der Waals surface area contributed by atoms with Crippen molar-refractivity contribution >= 4 is 11.6 Å². The minimum atomic E-state index is -0.335. The number of amides is 1. The van der Waals surface area contributed by atoms with Crippen LogP contribution in [0.3, 0.4) is 0 Å². The second kappa shape index (κ2) is 5.91. The Morgan fingerprint density at radius 3 is 2.88 bits per heavy atom. The lowest BCUT2D eigenvalue weighted by molar-refractivity contribution is -0.123. The van der Waals surface area contributed by atoms with E-state index in [1.807, 2.05) is 6.92 Å². The highest BCUT2D eigenvalue weighted by Gasteiger charge is 2.39. The third kappa shape index (κ3) is 2.97. The minimum Gasteiger partial charge on any atom is -0.346 e. The maximum absolute atomic E-state index is 13.9. The van der Waals surface area contributed by atoms with Crippen LogP contribution in [0, 0.1) is 17.7 Å². The molecule has 0 radical (unpaired) electrons. The van der Waals surface area contributed by atoms with Crippen molar-refractivity contribution in [1.82, 2.24) is 24.9 Å². The molecule has 7 heteroatoms. The summed E-state index contributed by atoms with van der Waals surface area (Å²) in [5.41, 5.74) is 1.47. The van der Waals surface area contributed by atoms with Gasteiger partial charge in [-0.25, -0.2) is 18.9 Å². The Morgan fingerprint density at radius 2 is 2.16 bits per heavy atom. The first-order valence-electron chi connectivity index (χ1n) is 8.30. The molecular formula is C18H18FN5O. The standard InChI is InChI=1S/C18H18FN5O/c1-10-7-13(10)18(25)21-11(2)17-22-16-8-15(20-9-24(16)23-17)12-5-3-4-6-14(12)19/h3-6,8-11,13H,7H2,1-2H3,(H,21,25)/t10-,11-,13+/m0/s1. The van der Waals surface area contributed by atoms with Crippen molar-refractivity contribution in [3.63, 3.8) is 0 Å². The van der Waals surface area contributed by atoms with Gasteiger partial charge in [0.05, 0.1) is 11.7 Å². The van der Waals surface area contributed by atoms with Gasteiger partial charge in [-0.2, -0.15) is 0 Å². The Labute approximate surface area is 144 Å². The molecule has 1 N–H and O–H groups in total.